The Hall–Kier alpha value is -1.10. The average molecular weight is 310 g/mol. The van der Waals surface area contributed by atoms with Gasteiger partial charge in [-0.2, -0.15) is 0 Å². The van der Waals surface area contributed by atoms with Crippen LogP contribution < -0.4 is 16.4 Å². The Kier molecular flexibility index (Phi) is 6.65. The maximum atomic E-state index is 12.4. The van der Waals surface area contributed by atoms with Crippen LogP contribution in [0.2, 0.25) is 0 Å². The second-order valence-electron chi connectivity index (χ2n) is 5.51. The van der Waals surface area contributed by atoms with Crippen molar-refractivity contribution < 1.29 is 14.4 Å². The first-order chi connectivity index (χ1) is 9.73. The van der Waals surface area contributed by atoms with E-state index >= 15 is 0 Å². The van der Waals surface area contributed by atoms with E-state index in [2.05, 4.69) is 26.9 Å². The van der Waals surface area contributed by atoms with E-state index < -0.39 is 18.1 Å². The van der Waals surface area contributed by atoms with Crippen molar-refractivity contribution in [3.8, 4) is 0 Å². The molecule has 21 heavy (non-hydrogen) atoms. The molecular formula is C13H23AlN4O3. The molecule has 4 atom stereocenters. The van der Waals surface area contributed by atoms with Crippen molar-refractivity contribution in [2.24, 2.45) is 5.73 Å². The summed E-state index contributed by atoms with van der Waals surface area (Å²) in [5.41, 5.74) is 5.46. The number of rotatable bonds is 5. The number of nitrogens with two attached hydrogens (primary N) is 1. The Morgan fingerprint density at radius 2 is 1.86 bits per heavy atom. The SMILES string of the molecule is C[C@H](N)C(=O)N[C@@H](C)C(=O)N1CCC[C@H]1C(=O)N[C@@H](C)[Al]. The van der Waals surface area contributed by atoms with Crippen LogP contribution in [-0.4, -0.2) is 68.5 Å². The summed E-state index contributed by atoms with van der Waals surface area (Å²) in [4.78, 5) is 37.5. The fourth-order valence-electron chi connectivity index (χ4n) is 2.28. The summed E-state index contributed by atoms with van der Waals surface area (Å²) in [5, 5.41) is 5.36. The summed E-state index contributed by atoms with van der Waals surface area (Å²) < 4.78 is 0. The first kappa shape index (κ1) is 18.0. The van der Waals surface area contributed by atoms with Crippen LogP contribution in [0.1, 0.15) is 33.6 Å². The Morgan fingerprint density at radius 3 is 2.38 bits per heavy atom. The zero-order valence-electron chi connectivity index (χ0n) is 12.8. The molecule has 2 radical (unpaired) electrons. The normalized spacial score (nSPS) is 22.3. The van der Waals surface area contributed by atoms with Crippen LogP contribution in [0.3, 0.4) is 0 Å². The molecular weight excluding hydrogens is 287 g/mol. The van der Waals surface area contributed by atoms with E-state index in [0.29, 0.717) is 13.0 Å². The molecule has 0 aromatic carbocycles. The van der Waals surface area contributed by atoms with Crippen molar-refractivity contribution in [2.75, 3.05) is 6.54 Å². The second kappa shape index (κ2) is 7.78. The molecule has 0 bridgehead atoms. The number of nitrogens with zero attached hydrogens (tertiary/aromatic N) is 1. The molecule has 0 aliphatic carbocycles. The van der Waals surface area contributed by atoms with Gasteiger partial charge in [0.15, 0.2) is 16.3 Å². The third-order valence-electron chi connectivity index (χ3n) is 3.35. The molecule has 4 N–H and O–H groups in total. The molecule has 0 spiro atoms. The molecule has 0 aromatic rings. The molecule has 8 heteroatoms. The lowest BCUT2D eigenvalue weighted by Gasteiger charge is -2.28. The Labute approximate surface area is 133 Å². The molecule has 1 rings (SSSR count). The Bertz CT molecular complexity index is 414. The highest BCUT2D eigenvalue weighted by Gasteiger charge is 2.36. The Balaban J connectivity index is 2.67. The van der Waals surface area contributed by atoms with Gasteiger partial charge in [-0.25, -0.2) is 0 Å². The highest BCUT2D eigenvalue weighted by Crippen LogP contribution is 2.18. The summed E-state index contributed by atoms with van der Waals surface area (Å²) in [7, 11) is 0. The summed E-state index contributed by atoms with van der Waals surface area (Å²) in [6, 6.07) is -1.82. The third kappa shape index (κ3) is 4.99. The molecule has 1 heterocycles. The lowest BCUT2D eigenvalue weighted by Crippen LogP contribution is -2.54. The minimum atomic E-state index is -0.690. The number of nitrogens with one attached hydrogen (secondary N) is 2. The van der Waals surface area contributed by atoms with Gasteiger partial charge < -0.3 is 21.3 Å². The van der Waals surface area contributed by atoms with E-state index in [1.807, 2.05) is 6.92 Å². The van der Waals surface area contributed by atoms with Gasteiger partial charge in [0.05, 0.1) is 6.04 Å². The van der Waals surface area contributed by atoms with Gasteiger partial charge in [-0.05, 0) is 31.6 Å². The quantitative estimate of drug-likeness (QED) is 0.535. The topological polar surface area (TPSA) is 105 Å². The molecule has 3 amide bonds. The number of likely N-dealkylation sites (tertiary alicyclic amines) is 1. The van der Waals surface area contributed by atoms with Crippen LogP contribution in [-0.2, 0) is 14.4 Å². The van der Waals surface area contributed by atoms with Crippen LogP contribution in [0.5, 0.6) is 0 Å². The molecule has 1 fully saturated rings. The number of hydrogen-bond donors (Lipinski definition) is 3. The molecule has 0 unspecified atom stereocenters. The third-order valence-corrected chi connectivity index (χ3v) is 3.52. The highest BCUT2D eigenvalue weighted by molar-refractivity contribution is 6.13. The summed E-state index contributed by atoms with van der Waals surface area (Å²) in [5.74, 6) is -0.790. The maximum absolute atomic E-state index is 12.4. The van der Waals surface area contributed by atoms with Crippen molar-refractivity contribution in [1.82, 2.24) is 15.5 Å². The van der Waals surface area contributed by atoms with Crippen LogP contribution in [0.4, 0.5) is 0 Å². The molecule has 0 saturated carbocycles. The van der Waals surface area contributed by atoms with Crippen molar-refractivity contribution in [3.63, 3.8) is 0 Å². The Morgan fingerprint density at radius 1 is 1.24 bits per heavy atom. The monoisotopic (exact) mass is 310 g/mol. The molecule has 7 nitrogen and oxygen atoms in total. The number of hydrogen-bond acceptors (Lipinski definition) is 4. The van der Waals surface area contributed by atoms with Crippen molar-refractivity contribution in [3.05, 3.63) is 0 Å². The molecule has 1 saturated heterocycles. The first-order valence-corrected chi connectivity index (χ1v) is 7.83. The fourth-order valence-corrected chi connectivity index (χ4v) is 2.44. The van der Waals surface area contributed by atoms with E-state index in [1.165, 1.54) is 4.90 Å². The van der Waals surface area contributed by atoms with Gasteiger partial charge in [-0.1, -0.05) is 6.92 Å². The maximum Gasteiger partial charge on any atom is 0.245 e. The van der Waals surface area contributed by atoms with E-state index in [0.717, 1.165) is 6.42 Å². The van der Waals surface area contributed by atoms with Gasteiger partial charge in [0.2, 0.25) is 17.7 Å². The van der Waals surface area contributed by atoms with Crippen LogP contribution in [0.15, 0.2) is 0 Å². The lowest BCUT2D eigenvalue weighted by atomic mass is 10.2. The smallest absolute Gasteiger partial charge is 0.245 e. The predicted molar refractivity (Wildman–Crippen MR) is 79.3 cm³/mol. The zero-order chi connectivity index (χ0) is 16.2. The van der Waals surface area contributed by atoms with Crippen molar-refractivity contribution in [2.45, 2.75) is 56.6 Å². The van der Waals surface area contributed by atoms with Gasteiger partial charge >= 0.3 is 0 Å². The van der Waals surface area contributed by atoms with Gasteiger partial charge in [0, 0.05) is 6.54 Å². The standard InChI is InChI=1S/C13H23N4O3.Al/c1-4-15-12(19)10-6-5-7-17(10)13(20)9(3)16-11(18)8(2)14;/h4,8-10H,5-7,14H2,1-3H3,(H,15,19)(H,16,18);/t8-,9-,10-;/m0./s1. The zero-order valence-corrected chi connectivity index (χ0v) is 13.9. The van der Waals surface area contributed by atoms with Crippen LogP contribution in [0.25, 0.3) is 0 Å². The molecule has 1 aliphatic heterocycles. The molecule has 0 aromatic heterocycles. The summed E-state index contributed by atoms with van der Waals surface area (Å²) >= 11 is 2.49. The lowest BCUT2D eigenvalue weighted by molar-refractivity contribution is -0.141. The van der Waals surface area contributed by atoms with Gasteiger partial charge in [-0.15, -0.1) is 0 Å². The van der Waals surface area contributed by atoms with E-state index in [9.17, 15) is 14.4 Å². The number of carbonyl (C=O) groups excluding carboxylic acids is 3. The van der Waals surface area contributed by atoms with Crippen LogP contribution >= 0.6 is 0 Å². The first-order valence-electron chi connectivity index (χ1n) is 7.16. The highest BCUT2D eigenvalue weighted by atomic mass is 27.0. The minimum absolute atomic E-state index is 0.0507. The van der Waals surface area contributed by atoms with Crippen molar-refractivity contribution in [1.29, 1.82) is 0 Å². The van der Waals surface area contributed by atoms with E-state index in [4.69, 9.17) is 5.73 Å². The summed E-state index contributed by atoms with van der Waals surface area (Å²) in [6.07, 6.45) is 1.42. The van der Waals surface area contributed by atoms with Gasteiger partial charge in [0.1, 0.15) is 12.1 Å². The molecule has 1 aliphatic rings. The van der Waals surface area contributed by atoms with Crippen molar-refractivity contribution >= 4 is 34.0 Å². The van der Waals surface area contributed by atoms with Crippen LogP contribution in [0, 0.1) is 0 Å². The van der Waals surface area contributed by atoms with E-state index in [1.54, 1.807) is 13.8 Å². The summed E-state index contributed by atoms with van der Waals surface area (Å²) in [6.45, 7) is 5.53. The largest absolute Gasteiger partial charge is 0.368 e. The number of carbonyl (C=O) groups is 3. The number of amides is 3. The average Bonchev–Trinajstić information content (AvgIpc) is 2.85. The molecule has 116 valence electrons. The van der Waals surface area contributed by atoms with Gasteiger partial charge in [-0.3, -0.25) is 14.4 Å². The van der Waals surface area contributed by atoms with E-state index in [-0.39, 0.29) is 22.6 Å². The second-order valence-corrected chi connectivity index (χ2v) is 6.51. The minimum Gasteiger partial charge on any atom is -0.368 e. The predicted octanol–water partition coefficient (Wildman–Crippen LogP) is -1.54. The fraction of sp³-hybridized carbons (Fsp3) is 0.769. The van der Waals surface area contributed by atoms with Gasteiger partial charge in [0.25, 0.3) is 0 Å².